The highest BCUT2D eigenvalue weighted by atomic mass is 32.2. The number of hydrogen-bond acceptors (Lipinski definition) is 2. The Morgan fingerprint density at radius 2 is 2.31 bits per heavy atom. The second-order valence-electron chi connectivity index (χ2n) is 3.33. The molecule has 0 radical (unpaired) electrons. The number of hydrogen-bond donors (Lipinski definition) is 2. The van der Waals surface area contributed by atoms with Crippen LogP contribution in [0.2, 0.25) is 0 Å². The van der Waals surface area contributed by atoms with Crippen molar-refractivity contribution >= 4 is 28.4 Å². The first-order valence-corrected chi connectivity index (χ1v) is 5.31. The van der Waals surface area contributed by atoms with Gasteiger partial charge in [-0.3, -0.25) is 0 Å². The standard InChI is InChI=1S/C10H10N2S/c1-6-4-11-8-3-9-10(2-7(6)8)13-5-12-9/h2-4,11-12H,5H2,1H3. The predicted molar refractivity (Wildman–Crippen MR) is 57.4 cm³/mol. The zero-order chi connectivity index (χ0) is 8.84. The van der Waals surface area contributed by atoms with E-state index in [2.05, 4.69) is 35.6 Å². The van der Waals surface area contributed by atoms with Crippen molar-refractivity contribution in [2.45, 2.75) is 11.8 Å². The first-order chi connectivity index (χ1) is 6.34. The van der Waals surface area contributed by atoms with Crippen molar-refractivity contribution < 1.29 is 0 Å². The van der Waals surface area contributed by atoms with E-state index in [4.69, 9.17) is 0 Å². The number of H-pyrrole nitrogens is 1. The summed E-state index contributed by atoms with van der Waals surface area (Å²) in [6.45, 7) is 2.14. The van der Waals surface area contributed by atoms with E-state index in [-0.39, 0.29) is 0 Å². The highest BCUT2D eigenvalue weighted by molar-refractivity contribution is 7.99. The van der Waals surface area contributed by atoms with Crippen molar-refractivity contribution in [2.75, 3.05) is 11.2 Å². The van der Waals surface area contributed by atoms with Crippen molar-refractivity contribution in [1.82, 2.24) is 4.98 Å². The molecule has 0 saturated heterocycles. The zero-order valence-corrected chi connectivity index (χ0v) is 8.16. The number of fused-ring (bicyclic) bond motifs is 2. The first kappa shape index (κ1) is 7.33. The van der Waals surface area contributed by atoms with E-state index in [1.165, 1.54) is 27.0 Å². The molecule has 0 unspecified atom stereocenters. The molecular weight excluding hydrogens is 180 g/mol. The minimum atomic E-state index is 1.00. The van der Waals surface area contributed by atoms with Crippen molar-refractivity contribution in [1.29, 1.82) is 0 Å². The van der Waals surface area contributed by atoms with Crippen molar-refractivity contribution in [3.63, 3.8) is 0 Å². The summed E-state index contributed by atoms with van der Waals surface area (Å²) in [5.41, 5.74) is 3.82. The molecule has 0 spiro atoms. The summed E-state index contributed by atoms with van der Waals surface area (Å²) in [6.07, 6.45) is 2.06. The van der Waals surface area contributed by atoms with Crippen molar-refractivity contribution in [3.8, 4) is 0 Å². The van der Waals surface area contributed by atoms with Gasteiger partial charge in [0.25, 0.3) is 0 Å². The topological polar surface area (TPSA) is 27.8 Å². The predicted octanol–water partition coefficient (Wildman–Crippen LogP) is 2.95. The number of aromatic amines is 1. The number of aromatic nitrogens is 1. The maximum atomic E-state index is 3.34. The molecule has 2 N–H and O–H groups in total. The fourth-order valence-corrected chi connectivity index (χ4v) is 2.61. The van der Waals surface area contributed by atoms with Gasteiger partial charge in [0.1, 0.15) is 0 Å². The molecule has 1 aliphatic rings. The Morgan fingerprint density at radius 1 is 1.38 bits per heavy atom. The second kappa shape index (κ2) is 2.45. The molecule has 1 aromatic carbocycles. The monoisotopic (exact) mass is 190 g/mol. The molecule has 13 heavy (non-hydrogen) atoms. The van der Waals surface area contributed by atoms with Crippen LogP contribution in [0.15, 0.2) is 23.2 Å². The lowest BCUT2D eigenvalue weighted by Gasteiger charge is -1.98. The van der Waals surface area contributed by atoms with Gasteiger partial charge in [0, 0.05) is 22.0 Å². The summed E-state index contributed by atoms with van der Waals surface area (Å²) in [5, 5.41) is 4.69. The van der Waals surface area contributed by atoms with Crippen LogP contribution in [0, 0.1) is 6.92 Å². The van der Waals surface area contributed by atoms with Gasteiger partial charge in [-0.15, -0.1) is 11.8 Å². The number of aryl methyl sites for hydroxylation is 1. The highest BCUT2D eigenvalue weighted by Gasteiger charge is 2.12. The van der Waals surface area contributed by atoms with E-state index >= 15 is 0 Å². The van der Waals surface area contributed by atoms with Crippen LogP contribution < -0.4 is 5.32 Å². The van der Waals surface area contributed by atoms with E-state index in [0.29, 0.717) is 0 Å². The molecular formula is C10H10N2S. The second-order valence-corrected chi connectivity index (χ2v) is 4.35. The fraction of sp³-hybridized carbons (Fsp3) is 0.200. The summed E-state index contributed by atoms with van der Waals surface area (Å²) in [6, 6.07) is 4.46. The lowest BCUT2D eigenvalue weighted by molar-refractivity contribution is 1.42. The third-order valence-corrected chi connectivity index (χ3v) is 3.42. The van der Waals surface area contributed by atoms with Gasteiger partial charge >= 0.3 is 0 Å². The number of thioether (sulfide) groups is 1. The summed E-state index contributed by atoms with van der Waals surface area (Å²) >= 11 is 1.87. The lowest BCUT2D eigenvalue weighted by atomic mass is 10.2. The van der Waals surface area contributed by atoms with Crippen LogP contribution in [-0.4, -0.2) is 10.9 Å². The Bertz CT molecular complexity index is 473. The Hall–Kier alpha value is -1.09. The normalized spacial score (nSPS) is 14.5. The van der Waals surface area contributed by atoms with Crippen LogP contribution in [-0.2, 0) is 0 Å². The SMILES string of the molecule is Cc1c[nH]c2cc3c(cc12)SCN3. The van der Waals surface area contributed by atoms with Crippen molar-refractivity contribution in [2.24, 2.45) is 0 Å². The van der Waals surface area contributed by atoms with Gasteiger partial charge in [0.05, 0.1) is 11.6 Å². The summed E-state index contributed by atoms with van der Waals surface area (Å²) in [7, 11) is 0. The zero-order valence-electron chi connectivity index (χ0n) is 7.35. The van der Waals surface area contributed by atoms with Gasteiger partial charge in [-0.1, -0.05) is 0 Å². The molecule has 2 heterocycles. The molecule has 66 valence electrons. The molecule has 3 rings (SSSR count). The molecule has 0 amide bonds. The highest BCUT2D eigenvalue weighted by Crippen LogP contribution is 2.37. The summed E-state index contributed by atoms with van der Waals surface area (Å²) < 4.78 is 0. The average molecular weight is 190 g/mol. The van der Waals surface area contributed by atoms with E-state index in [1.807, 2.05) is 11.8 Å². The molecule has 3 heteroatoms. The maximum absolute atomic E-state index is 3.34. The maximum Gasteiger partial charge on any atom is 0.0658 e. The molecule has 0 fully saturated rings. The minimum absolute atomic E-state index is 1.00. The fourth-order valence-electron chi connectivity index (χ4n) is 1.74. The average Bonchev–Trinajstić information content (AvgIpc) is 2.70. The van der Waals surface area contributed by atoms with Crippen molar-refractivity contribution in [3.05, 3.63) is 23.9 Å². The van der Waals surface area contributed by atoms with Gasteiger partial charge in [-0.25, -0.2) is 0 Å². The van der Waals surface area contributed by atoms with E-state index in [0.717, 1.165) is 5.88 Å². The first-order valence-electron chi connectivity index (χ1n) is 4.33. The third-order valence-electron chi connectivity index (χ3n) is 2.48. The van der Waals surface area contributed by atoms with Gasteiger partial charge in [-0.2, -0.15) is 0 Å². The molecule has 2 nitrogen and oxygen atoms in total. The van der Waals surface area contributed by atoms with Gasteiger partial charge in [-0.05, 0) is 24.6 Å². The third kappa shape index (κ3) is 0.968. The number of nitrogens with one attached hydrogen (secondary N) is 2. The van der Waals surface area contributed by atoms with E-state index < -0.39 is 0 Å². The Morgan fingerprint density at radius 3 is 3.23 bits per heavy atom. The number of benzene rings is 1. The van der Waals surface area contributed by atoms with Gasteiger partial charge in [0.2, 0.25) is 0 Å². The smallest absolute Gasteiger partial charge is 0.0658 e. The Labute approximate surface area is 80.7 Å². The lowest BCUT2D eigenvalue weighted by Crippen LogP contribution is -1.87. The van der Waals surface area contributed by atoms with Crippen LogP contribution in [0.4, 0.5) is 5.69 Å². The van der Waals surface area contributed by atoms with Gasteiger partial charge in [0.15, 0.2) is 0 Å². The quantitative estimate of drug-likeness (QED) is 0.668. The molecule has 0 aliphatic carbocycles. The van der Waals surface area contributed by atoms with E-state index in [1.54, 1.807) is 0 Å². The molecule has 0 bridgehead atoms. The summed E-state index contributed by atoms with van der Waals surface area (Å²) in [4.78, 5) is 4.64. The molecule has 2 aromatic rings. The molecule has 0 atom stereocenters. The van der Waals surface area contributed by atoms with Gasteiger partial charge < -0.3 is 10.3 Å². The largest absolute Gasteiger partial charge is 0.375 e. The van der Waals surface area contributed by atoms with Crippen LogP contribution in [0.5, 0.6) is 0 Å². The van der Waals surface area contributed by atoms with Crippen LogP contribution >= 0.6 is 11.8 Å². The Balaban J connectivity index is 2.38. The van der Waals surface area contributed by atoms with Crippen LogP contribution in [0.3, 0.4) is 0 Å². The van der Waals surface area contributed by atoms with Crippen LogP contribution in [0.1, 0.15) is 5.56 Å². The number of anilines is 1. The minimum Gasteiger partial charge on any atom is -0.375 e. The molecule has 0 saturated carbocycles. The molecule has 1 aliphatic heterocycles. The molecule has 1 aromatic heterocycles. The Kier molecular flexibility index (Phi) is 1.38. The summed E-state index contributed by atoms with van der Waals surface area (Å²) in [5.74, 6) is 1.00. The number of rotatable bonds is 0. The van der Waals surface area contributed by atoms with Crippen LogP contribution in [0.25, 0.3) is 10.9 Å². The van der Waals surface area contributed by atoms with E-state index in [9.17, 15) is 0 Å².